The first-order valence-electron chi connectivity index (χ1n) is 21.7. The second-order valence-electron chi connectivity index (χ2n) is 18.1. The third-order valence-electron chi connectivity index (χ3n) is 12.3. The number of carbonyl (C=O) groups excluding carboxylic acids is 4. The molecule has 1 heterocycles. The van der Waals surface area contributed by atoms with Crippen LogP contribution in [0.3, 0.4) is 0 Å². The third-order valence-corrected chi connectivity index (χ3v) is 12.6. The highest BCUT2D eigenvalue weighted by atomic mass is 35.5. The Kier molecular flexibility index (Phi) is 15.2. The fraction of sp³-hybridized carbons (Fsp3) is 0.400. The van der Waals surface area contributed by atoms with Crippen molar-refractivity contribution in [3.05, 3.63) is 118 Å². The molecule has 0 aromatic heterocycles. The number of anilines is 1. The van der Waals surface area contributed by atoms with Crippen LogP contribution in [0.4, 0.5) is 5.69 Å². The van der Waals surface area contributed by atoms with Crippen LogP contribution in [0, 0.1) is 39.4 Å². The Labute approximate surface area is 385 Å². The van der Waals surface area contributed by atoms with Crippen LogP contribution in [0.1, 0.15) is 75.0 Å². The van der Waals surface area contributed by atoms with Crippen molar-refractivity contribution in [3.63, 3.8) is 0 Å². The highest BCUT2D eigenvalue weighted by Gasteiger charge is 2.64. The van der Waals surface area contributed by atoms with E-state index < -0.39 is 35.9 Å². The van der Waals surface area contributed by atoms with Crippen LogP contribution in [-0.2, 0) is 25.7 Å². The Morgan fingerprint density at radius 2 is 1.54 bits per heavy atom. The first kappa shape index (κ1) is 48.0. The molecule has 65 heavy (non-hydrogen) atoms. The normalized spacial score (nSPS) is 19.8. The summed E-state index contributed by atoms with van der Waals surface area (Å²) in [6.45, 7) is 12.4. The van der Waals surface area contributed by atoms with Crippen molar-refractivity contribution in [2.75, 3.05) is 31.6 Å². The number of aliphatic hydroxyl groups excluding tert-OH is 1. The molecule has 0 radical (unpaired) electrons. The van der Waals surface area contributed by atoms with Gasteiger partial charge in [0.1, 0.15) is 36.6 Å². The zero-order valence-corrected chi connectivity index (χ0v) is 38.2. The van der Waals surface area contributed by atoms with Crippen molar-refractivity contribution in [3.8, 4) is 29.0 Å². The van der Waals surface area contributed by atoms with Gasteiger partial charge in [-0.1, -0.05) is 89.5 Å². The van der Waals surface area contributed by atoms with Gasteiger partial charge < -0.3 is 40.7 Å². The highest BCUT2D eigenvalue weighted by molar-refractivity contribution is 6.31. The van der Waals surface area contributed by atoms with E-state index in [-0.39, 0.29) is 67.5 Å². The SMILES string of the molecule is CC(C)[C@H](NC(=O)COCCNc1ccc(-c2ccc(C(=O)NC3C(C)(C)C(Oc4ccc(C#N)c(Cl)c4)C3(C)C)cc2)cc1)C(=O)N1C[C@H](O)C[C@H]1C(=O)NCc1ccc(C#N)cc1. The highest BCUT2D eigenvalue weighted by Crippen LogP contribution is 2.55. The molecule has 0 bridgehead atoms. The lowest BCUT2D eigenvalue weighted by molar-refractivity contribution is -0.164. The summed E-state index contributed by atoms with van der Waals surface area (Å²) in [5, 5.41) is 41.1. The number of hydrogen-bond acceptors (Lipinski definition) is 10. The zero-order chi connectivity index (χ0) is 47.1. The predicted octanol–water partition coefficient (Wildman–Crippen LogP) is 6.21. The van der Waals surface area contributed by atoms with Gasteiger partial charge in [-0.25, -0.2) is 0 Å². The number of ether oxygens (including phenoxy) is 2. The molecular formula is C50H56ClN7O7. The number of nitrogens with one attached hydrogen (secondary N) is 4. The summed E-state index contributed by atoms with van der Waals surface area (Å²) in [5.74, 6) is -1.25. The molecule has 0 unspecified atom stereocenters. The maximum Gasteiger partial charge on any atom is 0.251 e. The molecule has 2 fully saturated rings. The monoisotopic (exact) mass is 901 g/mol. The molecule has 1 saturated carbocycles. The number of nitrogens with zero attached hydrogens (tertiary/aromatic N) is 3. The van der Waals surface area contributed by atoms with Crippen LogP contribution in [-0.4, -0.2) is 90.3 Å². The van der Waals surface area contributed by atoms with E-state index in [0.29, 0.717) is 34.0 Å². The summed E-state index contributed by atoms with van der Waals surface area (Å²) in [5.41, 5.74) is 4.19. The van der Waals surface area contributed by atoms with Crippen LogP contribution in [0.5, 0.6) is 5.75 Å². The molecule has 2 aliphatic rings. The number of halogens is 1. The summed E-state index contributed by atoms with van der Waals surface area (Å²) in [4.78, 5) is 54.6. The topological polar surface area (TPSA) is 206 Å². The standard InChI is InChI=1S/C50H56ClN7O7/c1-30(2)43(46(63)58-28-38(59)23-41(58)45(62)55-27-32-9-7-31(25-52)8-10-32)56-42(60)29-64-22-21-54-37-18-15-34(16-19-37)33-11-13-35(14-12-33)44(61)57-47-49(3,4)48(50(47,5)6)65-39-20-17-36(26-53)40(51)24-39/h7-20,24,30,38,41,43,47-48,54,59H,21-23,27-29H2,1-6H3,(H,55,62)(H,56,60)(H,57,61)/t38-,41+,43+,47?,48?/m1/s1. The molecule has 1 aliphatic heterocycles. The van der Waals surface area contributed by atoms with Gasteiger partial charge in [0.15, 0.2) is 0 Å². The van der Waals surface area contributed by atoms with Crippen LogP contribution in [0.15, 0.2) is 91.0 Å². The predicted molar refractivity (Wildman–Crippen MR) is 246 cm³/mol. The number of rotatable bonds is 17. The van der Waals surface area contributed by atoms with Crippen LogP contribution < -0.4 is 26.0 Å². The fourth-order valence-electron chi connectivity index (χ4n) is 9.05. The minimum absolute atomic E-state index is 0.0295. The van der Waals surface area contributed by atoms with E-state index >= 15 is 0 Å². The van der Waals surface area contributed by atoms with Crippen LogP contribution >= 0.6 is 11.6 Å². The second-order valence-corrected chi connectivity index (χ2v) is 18.6. The van der Waals surface area contributed by atoms with Crippen molar-refractivity contribution < 1.29 is 33.8 Å². The number of carbonyl (C=O) groups is 4. The Hall–Kier alpha value is -6.45. The largest absolute Gasteiger partial charge is 0.489 e. The second kappa shape index (κ2) is 20.6. The van der Waals surface area contributed by atoms with E-state index in [0.717, 1.165) is 22.4 Å². The summed E-state index contributed by atoms with van der Waals surface area (Å²) in [7, 11) is 0. The Bertz CT molecular complexity index is 2430. The Morgan fingerprint density at radius 3 is 2.14 bits per heavy atom. The molecule has 0 spiro atoms. The molecule has 1 saturated heterocycles. The van der Waals surface area contributed by atoms with Crippen LogP contribution in [0.25, 0.3) is 11.1 Å². The molecule has 3 atom stereocenters. The van der Waals surface area contributed by atoms with Crippen molar-refractivity contribution in [1.29, 1.82) is 10.5 Å². The van der Waals surface area contributed by atoms with Crippen molar-refractivity contribution in [2.45, 2.75) is 84.8 Å². The summed E-state index contributed by atoms with van der Waals surface area (Å²) in [6.07, 6.45) is -1.02. The Balaban J connectivity index is 0.924. The minimum atomic E-state index is -0.931. The quantitative estimate of drug-likeness (QED) is 0.0758. The number of aliphatic hydroxyl groups is 1. The van der Waals surface area contributed by atoms with Gasteiger partial charge in [0, 0.05) is 60.2 Å². The van der Waals surface area contributed by atoms with E-state index in [1.165, 1.54) is 4.90 Å². The average molecular weight is 902 g/mol. The van der Waals surface area contributed by atoms with Crippen molar-refractivity contribution >= 4 is 40.9 Å². The summed E-state index contributed by atoms with van der Waals surface area (Å²) < 4.78 is 12.0. The van der Waals surface area contributed by atoms with E-state index in [9.17, 15) is 29.5 Å². The first-order valence-corrected chi connectivity index (χ1v) is 22.0. The fourth-order valence-corrected chi connectivity index (χ4v) is 9.27. The lowest BCUT2D eigenvalue weighted by Gasteiger charge is -2.63. The molecule has 6 rings (SSSR count). The first-order chi connectivity index (χ1) is 30.9. The molecule has 340 valence electrons. The average Bonchev–Trinajstić information content (AvgIpc) is 3.69. The van der Waals surface area contributed by atoms with Gasteiger partial charge in [-0.2, -0.15) is 10.5 Å². The summed E-state index contributed by atoms with van der Waals surface area (Å²) in [6, 6.07) is 29.2. The van der Waals surface area contributed by atoms with Crippen molar-refractivity contribution in [2.24, 2.45) is 16.7 Å². The minimum Gasteiger partial charge on any atom is -0.489 e. The van der Waals surface area contributed by atoms with Gasteiger partial charge in [0.2, 0.25) is 17.7 Å². The number of β-amino-alcohol motifs (C(OH)–C–C–N with tert-alkyl or cyclic N) is 1. The van der Waals surface area contributed by atoms with Gasteiger partial charge >= 0.3 is 0 Å². The van der Waals surface area contributed by atoms with Crippen LogP contribution in [0.2, 0.25) is 5.02 Å². The lowest BCUT2D eigenvalue weighted by atomic mass is 9.49. The lowest BCUT2D eigenvalue weighted by Crippen LogP contribution is -2.74. The van der Waals surface area contributed by atoms with Gasteiger partial charge in [0.25, 0.3) is 5.91 Å². The maximum atomic E-state index is 13.7. The van der Waals surface area contributed by atoms with Gasteiger partial charge in [-0.05, 0) is 71.1 Å². The van der Waals surface area contributed by atoms with Gasteiger partial charge in [-0.3, -0.25) is 19.2 Å². The maximum absolute atomic E-state index is 13.7. The van der Waals surface area contributed by atoms with E-state index in [1.807, 2.05) is 48.5 Å². The van der Waals surface area contributed by atoms with E-state index in [2.05, 4.69) is 61.1 Å². The Morgan fingerprint density at radius 1 is 0.892 bits per heavy atom. The molecular weight excluding hydrogens is 846 g/mol. The third kappa shape index (κ3) is 11.3. The molecule has 14 nitrogen and oxygen atoms in total. The number of hydrogen-bond donors (Lipinski definition) is 5. The van der Waals surface area contributed by atoms with Gasteiger partial charge in [-0.15, -0.1) is 0 Å². The molecule has 4 amide bonds. The number of nitriles is 2. The molecule has 4 aromatic carbocycles. The number of benzene rings is 4. The van der Waals surface area contributed by atoms with E-state index in [1.54, 1.807) is 56.3 Å². The number of likely N-dealkylation sites (tertiary alicyclic amines) is 1. The molecule has 1 aliphatic carbocycles. The molecule has 15 heteroatoms. The van der Waals surface area contributed by atoms with Gasteiger partial charge in [0.05, 0.1) is 34.9 Å². The van der Waals surface area contributed by atoms with Crippen molar-refractivity contribution in [1.82, 2.24) is 20.9 Å². The van der Waals surface area contributed by atoms with E-state index in [4.69, 9.17) is 26.3 Å². The summed E-state index contributed by atoms with van der Waals surface area (Å²) >= 11 is 6.24. The number of amides is 4. The zero-order valence-electron chi connectivity index (χ0n) is 37.5. The molecule has 5 N–H and O–H groups in total. The molecule has 4 aromatic rings. The smallest absolute Gasteiger partial charge is 0.251 e.